The number of carbonyl (C=O) groups is 2. The number of nitrogens with two attached hydrogens (primary N) is 1. The Balaban J connectivity index is 0.000000260. The second-order valence-corrected chi connectivity index (χ2v) is 5.76. The van der Waals surface area contributed by atoms with Crippen LogP contribution in [-0.4, -0.2) is 46.1 Å². The van der Waals surface area contributed by atoms with Crippen LogP contribution in [0.15, 0.2) is 0 Å². The highest BCUT2D eigenvalue weighted by Gasteiger charge is 2.18. The van der Waals surface area contributed by atoms with Gasteiger partial charge in [-0.25, -0.2) is 24.5 Å². The van der Waals surface area contributed by atoms with Gasteiger partial charge in [-0.05, 0) is 23.2 Å². The molecule has 0 fully saturated rings. The third-order valence-electron chi connectivity index (χ3n) is 2.39. The van der Waals surface area contributed by atoms with E-state index in [9.17, 15) is 9.59 Å². The van der Waals surface area contributed by atoms with Crippen molar-refractivity contribution in [1.82, 2.24) is 19.9 Å². The first-order valence-corrected chi connectivity index (χ1v) is 8.05. The Kier molecular flexibility index (Phi) is 8.51. The number of esters is 2. The molecule has 0 spiro atoms. The molecule has 2 N–H and O–H groups in total. The number of rotatable bonds is 2. The Morgan fingerprint density at radius 2 is 1.19 bits per heavy atom. The van der Waals surface area contributed by atoms with Crippen molar-refractivity contribution in [2.24, 2.45) is 0 Å². The Morgan fingerprint density at radius 3 is 1.65 bits per heavy atom. The quantitative estimate of drug-likeness (QED) is 0.404. The summed E-state index contributed by atoms with van der Waals surface area (Å²) < 4.78 is 8.80. The van der Waals surface area contributed by atoms with Crippen molar-refractivity contribution in [3.8, 4) is 0 Å². The van der Waals surface area contributed by atoms with E-state index in [0.717, 1.165) is 0 Å². The van der Waals surface area contributed by atoms with Crippen LogP contribution >= 0.6 is 58.0 Å². The molecule has 14 heteroatoms. The highest BCUT2D eigenvalue weighted by Crippen LogP contribution is 2.24. The maximum absolute atomic E-state index is 11.0. The van der Waals surface area contributed by atoms with E-state index in [0.29, 0.717) is 0 Å². The molecule has 2 heterocycles. The van der Waals surface area contributed by atoms with Crippen molar-refractivity contribution >= 4 is 75.8 Å². The van der Waals surface area contributed by atoms with Gasteiger partial charge in [0, 0.05) is 0 Å². The fourth-order valence-corrected chi connectivity index (χ4v) is 2.17. The van der Waals surface area contributed by atoms with Crippen LogP contribution in [0, 0.1) is 0 Å². The van der Waals surface area contributed by atoms with Crippen LogP contribution < -0.4 is 5.73 Å². The van der Waals surface area contributed by atoms with Crippen LogP contribution in [-0.2, 0) is 9.47 Å². The number of hydrogen-bond acceptors (Lipinski definition) is 9. The maximum Gasteiger partial charge on any atom is 0.358 e. The molecule has 2 rings (SSSR count). The topological polar surface area (TPSA) is 130 Å². The Labute approximate surface area is 171 Å². The predicted molar refractivity (Wildman–Crippen MR) is 96.2 cm³/mol. The molecule has 0 aliphatic heterocycles. The number of nitrogen functional groups attached to an aromatic ring is 1. The van der Waals surface area contributed by atoms with E-state index >= 15 is 0 Å². The van der Waals surface area contributed by atoms with Crippen LogP contribution in [0.3, 0.4) is 0 Å². The lowest BCUT2D eigenvalue weighted by Gasteiger charge is -2.02. The van der Waals surface area contributed by atoms with Crippen molar-refractivity contribution in [2.45, 2.75) is 0 Å². The summed E-state index contributed by atoms with van der Waals surface area (Å²) in [6.07, 6.45) is 0. The van der Waals surface area contributed by atoms with Crippen LogP contribution in [0.25, 0.3) is 0 Å². The first kappa shape index (κ1) is 22.4. The monoisotopic (exact) mass is 461 g/mol. The van der Waals surface area contributed by atoms with Crippen molar-refractivity contribution in [3.63, 3.8) is 0 Å². The van der Waals surface area contributed by atoms with Crippen molar-refractivity contribution < 1.29 is 19.1 Å². The first-order chi connectivity index (χ1) is 12.1. The third-order valence-corrected chi connectivity index (χ3v) is 3.83. The van der Waals surface area contributed by atoms with Crippen molar-refractivity contribution in [3.05, 3.63) is 37.2 Å². The number of aromatic nitrogens is 4. The van der Waals surface area contributed by atoms with Gasteiger partial charge in [-0.3, -0.25) is 0 Å². The van der Waals surface area contributed by atoms with Crippen LogP contribution in [0.5, 0.6) is 0 Å². The second-order valence-electron chi connectivity index (χ2n) is 3.97. The van der Waals surface area contributed by atoms with E-state index in [1.807, 2.05) is 0 Å². The summed E-state index contributed by atoms with van der Waals surface area (Å²) in [5, 5.41) is -0.520. The molecule has 0 aliphatic carbocycles. The molecule has 2 aromatic heterocycles. The van der Waals surface area contributed by atoms with E-state index in [1.54, 1.807) is 0 Å². The van der Waals surface area contributed by atoms with Crippen LogP contribution in [0.1, 0.15) is 21.0 Å². The lowest BCUT2D eigenvalue weighted by atomic mass is 10.4. The van der Waals surface area contributed by atoms with Gasteiger partial charge in [0.2, 0.25) is 10.6 Å². The molecule has 0 atom stereocenters. The van der Waals surface area contributed by atoms with Crippen molar-refractivity contribution in [2.75, 3.05) is 20.0 Å². The van der Waals surface area contributed by atoms with E-state index in [2.05, 4.69) is 29.4 Å². The molecule has 2 aromatic rings. The number of carbonyl (C=O) groups excluding carboxylic acids is 2. The van der Waals surface area contributed by atoms with Gasteiger partial charge in [-0.15, -0.1) is 0 Å². The van der Waals surface area contributed by atoms with Crippen molar-refractivity contribution in [1.29, 1.82) is 0 Å². The molecule has 0 saturated heterocycles. The molecule has 0 aromatic carbocycles. The molecule has 0 radical (unpaired) electrons. The van der Waals surface area contributed by atoms with Gasteiger partial charge in [0.25, 0.3) is 0 Å². The summed E-state index contributed by atoms with van der Waals surface area (Å²) in [4.78, 5) is 36.3. The minimum atomic E-state index is -0.712. The minimum Gasteiger partial charge on any atom is -0.464 e. The Hall–Kier alpha value is -1.65. The Bertz CT molecular complexity index is 782. The summed E-state index contributed by atoms with van der Waals surface area (Å²) in [6, 6.07) is 0. The first-order valence-electron chi connectivity index (χ1n) is 6.16. The van der Waals surface area contributed by atoms with Gasteiger partial charge in [0.15, 0.2) is 16.5 Å². The largest absolute Gasteiger partial charge is 0.464 e. The zero-order chi connectivity index (χ0) is 20.0. The smallest absolute Gasteiger partial charge is 0.358 e. The van der Waals surface area contributed by atoms with E-state index < -0.39 is 11.9 Å². The van der Waals surface area contributed by atoms with E-state index in [-0.39, 0.29) is 43.0 Å². The molecule has 0 bridgehead atoms. The normalized spacial score (nSPS) is 9.81. The standard InChI is InChI=1S/C6H3Cl3N2O2.C6H5Cl2N3O2/c1-13-5(12)3-2(7)4(8)11-6(9)10-3;1-13-5(12)3-2(7)4(9)11-6(8)10-3/h1H3;1H3,(H2,9,10,11). The average Bonchev–Trinajstić information content (AvgIpc) is 2.60. The summed E-state index contributed by atoms with van der Waals surface area (Å²) in [6.45, 7) is 0. The highest BCUT2D eigenvalue weighted by atomic mass is 35.5. The number of methoxy groups -OCH3 is 2. The number of hydrogen-bond donors (Lipinski definition) is 1. The van der Waals surface area contributed by atoms with E-state index in [4.69, 9.17) is 63.7 Å². The molecular weight excluding hydrogens is 455 g/mol. The summed E-state index contributed by atoms with van der Waals surface area (Å²) in [5.41, 5.74) is 5.06. The SMILES string of the molecule is COC(=O)c1nc(Cl)nc(Cl)c1Cl.COC(=O)c1nc(Cl)nc(N)c1Cl. The molecule has 0 amide bonds. The summed E-state index contributed by atoms with van der Waals surface area (Å²) in [5.74, 6) is -1.47. The zero-order valence-electron chi connectivity index (χ0n) is 12.9. The van der Waals surface area contributed by atoms with Gasteiger partial charge in [0.05, 0.1) is 14.2 Å². The molecule has 0 unspecified atom stereocenters. The molecule has 0 saturated carbocycles. The number of ether oxygens (including phenoxy) is 2. The molecule has 9 nitrogen and oxygen atoms in total. The molecule has 0 aliphatic rings. The molecular formula is C12H8Cl5N5O4. The number of halogens is 5. The third kappa shape index (κ3) is 5.68. The molecule has 140 valence electrons. The van der Waals surface area contributed by atoms with Gasteiger partial charge >= 0.3 is 11.9 Å². The number of nitrogens with zero attached hydrogens (tertiary/aromatic N) is 4. The minimum absolute atomic E-state index is 0.0536. The predicted octanol–water partition coefficient (Wildman–Crippen LogP) is 3.38. The fraction of sp³-hybridized carbons (Fsp3) is 0.167. The Morgan fingerprint density at radius 1 is 0.769 bits per heavy atom. The van der Waals surface area contributed by atoms with Crippen LogP contribution in [0.2, 0.25) is 25.8 Å². The lowest BCUT2D eigenvalue weighted by Crippen LogP contribution is -2.08. The average molecular weight is 463 g/mol. The number of anilines is 1. The van der Waals surface area contributed by atoms with Crippen LogP contribution in [0.4, 0.5) is 5.82 Å². The fourth-order valence-electron chi connectivity index (χ4n) is 1.29. The summed E-state index contributed by atoms with van der Waals surface area (Å²) >= 11 is 27.7. The van der Waals surface area contributed by atoms with Gasteiger partial charge in [-0.2, -0.15) is 4.98 Å². The second kappa shape index (κ2) is 9.89. The summed E-state index contributed by atoms with van der Waals surface area (Å²) in [7, 11) is 2.40. The van der Waals surface area contributed by atoms with Gasteiger partial charge < -0.3 is 15.2 Å². The molecule has 26 heavy (non-hydrogen) atoms. The highest BCUT2D eigenvalue weighted by molar-refractivity contribution is 6.43. The van der Waals surface area contributed by atoms with Gasteiger partial charge in [0.1, 0.15) is 15.9 Å². The van der Waals surface area contributed by atoms with Gasteiger partial charge in [-0.1, -0.05) is 34.8 Å². The lowest BCUT2D eigenvalue weighted by molar-refractivity contribution is 0.0585. The van der Waals surface area contributed by atoms with E-state index in [1.165, 1.54) is 14.2 Å². The maximum atomic E-state index is 11.0. The zero-order valence-corrected chi connectivity index (χ0v) is 16.7.